The van der Waals surface area contributed by atoms with Crippen LogP contribution in [-0.4, -0.2) is 49.6 Å². The van der Waals surface area contributed by atoms with Crippen LogP contribution in [-0.2, 0) is 4.74 Å². The van der Waals surface area contributed by atoms with Crippen molar-refractivity contribution < 1.29 is 4.74 Å². The van der Waals surface area contributed by atoms with Crippen LogP contribution in [0.4, 0.5) is 5.82 Å². The minimum absolute atomic E-state index is 0.421. The van der Waals surface area contributed by atoms with Crippen molar-refractivity contribution in [2.45, 2.75) is 18.9 Å². The van der Waals surface area contributed by atoms with Gasteiger partial charge in [-0.25, -0.2) is 0 Å². The SMILES string of the molecule is COCCN(CC1CCCN1)c1ccc(Cl)nn1. The minimum Gasteiger partial charge on any atom is -0.383 e. The summed E-state index contributed by atoms with van der Waals surface area (Å²) < 4.78 is 5.15. The molecule has 1 unspecified atom stereocenters. The largest absolute Gasteiger partial charge is 0.383 e. The van der Waals surface area contributed by atoms with Gasteiger partial charge in [0.15, 0.2) is 11.0 Å². The van der Waals surface area contributed by atoms with E-state index in [1.807, 2.05) is 6.07 Å². The van der Waals surface area contributed by atoms with Crippen molar-refractivity contribution in [3.05, 3.63) is 17.3 Å². The molecule has 18 heavy (non-hydrogen) atoms. The molecule has 0 bridgehead atoms. The van der Waals surface area contributed by atoms with Crippen molar-refractivity contribution in [2.24, 2.45) is 0 Å². The van der Waals surface area contributed by atoms with Gasteiger partial charge in [-0.3, -0.25) is 0 Å². The summed E-state index contributed by atoms with van der Waals surface area (Å²) >= 11 is 5.76. The second kappa shape index (κ2) is 6.87. The molecule has 1 aromatic rings. The monoisotopic (exact) mass is 270 g/mol. The summed E-state index contributed by atoms with van der Waals surface area (Å²) in [6.07, 6.45) is 2.46. The van der Waals surface area contributed by atoms with E-state index in [2.05, 4.69) is 20.4 Å². The fourth-order valence-electron chi connectivity index (χ4n) is 2.16. The van der Waals surface area contributed by atoms with Crippen molar-refractivity contribution in [3.63, 3.8) is 0 Å². The van der Waals surface area contributed by atoms with Crippen LogP contribution in [0.15, 0.2) is 12.1 Å². The Hall–Kier alpha value is -0.910. The molecule has 0 saturated carbocycles. The third-order valence-corrected chi connectivity index (χ3v) is 3.31. The first kappa shape index (κ1) is 13.5. The number of nitrogens with zero attached hydrogens (tertiary/aromatic N) is 3. The molecule has 1 aliphatic rings. The molecule has 0 aromatic carbocycles. The lowest BCUT2D eigenvalue weighted by Crippen LogP contribution is -2.39. The zero-order valence-corrected chi connectivity index (χ0v) is 11.4. The van der Waals surface area contributed by atoms with E-state index in [1.165, 1.54) is 12.8 Å². The molecule has 0 radical (unpaired) electrons. The second-order valence-corrected chi connectivity index (χ2v) is 4.83. The van der Waals surface area contributed by atoms with E-state index in [0.717, 1.165) is 25.5 Å². The molecular formula is C12H19ClN4O. The van der Waals surface area contributed by atoms with Gasteiger partial charge in [0.1, 0.15) is 0 Å². The predicted molar refractivity (Wildman–Crippen MR) is 72.2 cm³/mol. The lowest BCUT2D eigenvalue weighted by molar-refractivity contribution is 0.204. The van der Waals surface area contributed by atoms with Crippen LogP contribution in [0, 0.1) is 0 Å². The standard InChI is InChI=1S/C12H19ClN4O/c1-18-8-7-17(9-10-3-2-6-14-10)12-5-4-11(13)15-16-12/h4-5,10,14H,2-3,6-9H2,1H3. The van der Waals surface area contributed by atoms with Crippen LogP contribution in [0.3, 0.4) is 0 Å². The predicted octanol–water partition coefficient (Wildman–Crippen LogP) is 1.33. The lowest BCUT2D eigenvalue weighted by Gasteiger charge is -2.26. The van der Waals surface area contributed by atoms with Crippen LogP contribution in [0.1, 0.15) is 12.8 Å². The molecule has 5 nitrogen and oxygen atoms in total. The van der Waals surface area contributed by atoms with Crippen molar-refractivity contribution >= 4 is 17.4 Å². The maximum absolute atomic E-state index is 5.76. The summed E-state index contributed by atoms with van der Waals surface area (Å²) in [5, 5.41) is 11.9. The Balaban J connectivity index is 2.00. The molecule has 6 heteroatoms. The Labute approximate surface area is 112 Å². The van der Waals surface area contributed by atoms with Gasteiger partial charge in [0.05, 0.1) is 6.61 Å². The maximum Gasteiger partial charge on any atom is 0.151 e. The average molecular weight is 271 g/mol. The van der Waals surface area contributed by atoms with Gasteiger partial charge < -0.3 is 15.0 Å². The maximum atomic E-state index is 5.76. The summed E-state index contributed by atoms with van der Waals surface area (Å²) in [6, 6.07) is 4.20. The smallest absolute Gasteiger partial charge is 0.151 e. The topological polar surface area (TPSA) is 50.3 Å². The first-order chi connectivity index (χ1) is 8.79. The number of aromatic nitrogens is 2. The van der Waals surface area contributed by atoms with Crippen LogP contribution in [0.2, 0.25) is 5.15 Å². The highest BCUT2D eigenvalue weighted by molar-refractivity contribution is 6.29. The van der Waals surface area contributed by atoms with E-state index in [1.54, 1.807) is 13.2 Å². The molecule has 100 valence electrons. The third-order valence-electron chi connectivity index (χ3n) is 3.11. The average Bonchev–Trinajstić information content (AvgIpc) is 2.88. The molecule has 1 N–H and O–H groups in total. The van der Waals surface area contributed by atoms with E-state index in [9.17, 15) is 0 Å². The van der Waals surface area contributed by atoms with Gasteiger partial charge in [0, 0.05) is 26.2 Å². The van der Waals surface area contributed by atoms with E-state index >= 15 is 0 Å². The first-order valence-electron chi connectivity index (χ1n) is 6.26. The fourth-order valence-corrected chi connectivity index (χ4v) is 2.26. The van der Waals surface area contributed by atoms with Crippen LogP contribution in [0.25, 0.3) is 0 Å². The van der Waals surface area contributed by atoms with E-state index in [0.29, 0.717) is 17.8 Å². The van der Waals surface area contributed by atoms with Gasteiger partial charge in [-0.2, -0.15) is 0 Å². The molecular weight excluding hydrogens is 252 g/mol. The molecule has 0 spiro atoms. The van der Waals surface area contributed by atoms with Crippen LogP contribution in [0.5, 0.6) is 0 Å². The lowest BCUT2D eigenvalue weighted by atomic mass is 10.2. The number of halogens is 1. The highest BCUT2D eigenvalue weighted by Crippen LogP contribution is 2.14. The Bertz CT molecular complexity index is 354. The van der Waals surface area contributed by atoms with E-state index < -0.39 is 0 Å². The van der Waals surface area contributed by atoms with Gasteiger partial charge in [-0.1, -0.05) is 11.6 Å². The number of methoxy groups -OCH3 is 1. The highest BCUT2D eigenvalue weighted by atomic mass is 35.5. The van der Waals surface area contributed by atoms with Crippen LogP contribution < -0.4 is 10.2 Å². The normalized spacial score (nSPS) is 19.1. The molecule has 1 aromatic heterocycles. The summed E-state index contributed by atoms with van der Waals surface area (Å²) in [5.74, 6) is 0.852. The molecule has 0 amide bonds. The zero-order chi connectivity index (χ0) is 12.8. The van der Waals surface area contributed by atoms with Crippen molar-refractivity contribution in [1.82, 2.24) is 15.5 Å². The number of ether oxygens (including phenoxy) is 1. The molecule has 2 rings (SSSR count). The van der Waals surface area contributed by atoms with E-state index in [4.69, 9.17) is 16.3 Å². The highest BCUT2D eigenvalue weighted by Gasteiger charge is 2.18. The fraction of sp³-hybridized carbons (Fsp3) is 0.667. The molecule has 1 aliphatic heterocycles. The van der Waals surface area contributed by atoms with Gasteiger partial charge >= 0.3 is 0 Å². The number of nitrogens with one attached hydrogen (secondary N) is 1. The molecule has 2 heterocycles. The first-order valence-corrected chi connectivity index (χ1v) is 6.64. The third kappa shape index (κ3) is 3.80. The number of hydrogen-bond donors (Lipinski definition) is 1. The Morgan fingerprint density at radius 2 is 2.39 bits per heavy atom. The van der Waals surface area contributed by atoms with Crippen molar-refractivity contribution in [2.75, 3.05) is 38.3 Å². The quantitative estimate of drug-likeness (QED) is 0.845. The number of rotatable bonds is 6. The van der Waals surface area contributed by atoms with Gasteiger partial charge in [-0.15, -0.1) is 10.2 Å². The number of anilines is 1. The summed E-state index contributed by atoms with van der Waals surface area (Å²) in [4.78, 5) is 2.19. The van der Waals surface area contributed by atoms with Gasteiger partial charge in [0.2, 0.25) is 0 Å². The molecule has 1 fully saturated rings. The molecule has 1 saturated heterocycles. The zero-order valence-electron chi connectivity index (χ0n) is 10.6. The molecule has 1 atom stereocenters. The minimum atomic E-state index is 0.421. The Morgan fingerprint density at radius 1 is 1.50 bits per heavy atom. The second-order valence-electron chi connectivity index (χ2n) is 4.45. The molecule has 0 aliphatic carbocycles. The Morgan fingerprint density at radius 3 is 3.00 bits per heavy atom. The van der Waals surface area contributed by atoms with E-state index in [-0.39, 0.29) is 0 Å². The van der Waals surface area contributed by atoms with Gasteiger partial charge in [-0.05, 0) is 31.5 Å². The van der Waals surface area contributed by atoms with Gasteiger partial charge in [0.25, 0.3) is 0 Å². The summed E-state index contributed by atoms with van der Waals surface area (Å²) in [6.45, 7) is 3.52. The van der Waals surface area contributed by atoms with Crippen LogP contribution >= 0.6 is 11.6 Å². The summed E-state index contributed by atoms with van der Waals surface area (Å²) in [7, 11) is 1.71. The number of hydrogen-bond acceptors (Lipinski definition) is 5. The Kier molecular flexibility index (Phi) is 5.16. The van der Waals surface area contributed by atoms with Crippen molar-refractivity contribution in [1.29, 1.82) is 0 Å². The van der Waals surface area contributed by atoms with Crippen molar-refractivity contribution in [3.8, 4) is 0 Å². The summed E-state index contributed by atoms with van der Waals surface area (Å²) in [5.41, 5.74) is 0.